The SMILES string of the molecule is CSC1(C#N)CCN(C(=O)c2ccc(C)cc2O)CC1. The third kappa shape index (κ3) is 2.75. The van der Waals surface area contributed by atoms with Crippen molar-refractivity contribution in [2.24, 2.45) is 0 Å². The van der Waals surface area contributed by atoms with Gasteiger partial charge in [0.25, 0.3) is 5.91 Å². The molecule has 0 saturated carbocycles. The molecule has 0 atom stereocenters. The van der Waals surface area contributed by atoms with E-state index in [0.717, 1.165) is 5.56 Å². The van der Waals surface area contributed by atoms with E-state index in [1.54, 1.807) is 28.8 Å². The van der Waals surface area contributed by atoms with E-state index in [1.165, 1.54) is 0 Å². The molecule has 4 nitrogen and oxygen atoms in total. The highest BCUT2D eigenvalue weighted by atomic mass is 32.2. The van der Waals surface area contributed by atoms with E-state index < -0.39 is 0 Å². The number of likely N-dealkylation sites (tertiary alicyclic amines) is 1. The van der Waals surface area contributed by atoms with Gasteiger partial charge in [0.05, 0.1) is 11.6 Å². The smallest absolute Gasteiger partial charge is 0.257 e. The molecule has 1 fully saturated rings. The Morgan fingerprint density at radius 3 is 2.60 bits per heavy atom. The minimum atomic E-state index is -0.369. The predicted octanol–water partition coefficient (Wildman–Crippen LogP) is 2.56. The van der Waals surface area contributed by atoms with Crippen LogP contribution >= 0.6 is 11.8 Å². The first-order valence-corrected chi connectivity index (χ1v) is 7.79. The number of benzene rings is 1. The van der Waals surface area contributed by atoms with E-state index >= 15 is 0 Å². The lowest BCUT2D eigenvalue weighted by atomic mass is 9.96. The highest BCUT2D eigenvalue weighted by Gasteiger charge is 2.35. The van der Waals surface area contributed by atoms with Gasteiger partial charge < -0.3 is 10.0 Å². The Balaban J connectivity index is 2.11. The summed E-state index contributed by atoms with van der Waals surface area (Å²) < 4.78 is -0.369. The summed E-state index contributed by atoms with van der Waals surface area (Å²) in [6.45, 7) is 2.98. The fourth-order valence-corrected chi connectivity index (χ4v) is 3.11. The molecular weight excluding hydrogens is 272 g/mol. The lowest BCUT2D eigenvalue weighted by Crippen LogP contribution is -2.44. The number of hydrogen-bond donors (Lipinski definition) is 1. The van der Waals surface area contributed by atoms with Crippen LogP contribution in [0.1, 0.15) is 28.8 Å². The summed E-state index contributed by atoms with van der Waals surface area (Å²) in [5, 5.41) is 19.1. The molecule has 1 heterocycles. The highest BCUT2D eigenvalue weighted by Crippen LogP contribution is 2.34. The van der Waals surface area contributed by atoms with E-state index in [1.807, 2.05) is 19.2 Å². The van der Waals surface area contributed by atoms with Crippen LogP contribution in [0.5, 0.6) is 5.75 Å². The van der Waals surface area contributed by atoms with Gasteiger partial charge in [-0.05, 0) is 43.7 Å². The van der Waals surface area contributed by atoms with Gasteiger partial charge in [-0.25, -0.2) is 0 Å². The van der Waals surface area contributed by atoms with E-state index in [-0.39, 0.29) is 16.4 Å². The van der Waals surface area contributed by atoms with Gasteiger partial charge in [0.1, 0.15) is 10.5 Å². The number of aromatic hydroxyl groups is 1. The van der Waals surface area contributed by atoms with Crippen LogP contribution in [0.2, 0.25) is 0 Å². The lowest BCUT2D eigenvalue weighted by molar-refractivity contribution is 0.0713. The maximum Gasteiger partial charge on any atom is 0.257 e. The predicted molar refractivity (Wildman–Crippen MR) is 79.8 cm³/mol. The first kappa shape index (κ1) is 14.7. The average Bonchev–Trinajstić information content (AvgIpc) is 2.47. The largest absolute Gasteiger partial charge is 0.507 e. The van der Waals surface area contributed by atoms with Crippen LogP contribution in [0, 0.1) is 18.3 Å². The van der Waals surface area contributed by atoms with E-state index in [2.05, 4.69) is 6.07 Å². The molecule has 1 amide bonds. The van der Waals surface area contributed by atoms with E-state index in [0.29, 0.717) is 31.5 Å². The standard InChI is InChI=1S/C15H18N2O2S/c1-11-3-4-12(13(18)9-11)14(19)17-7-5-15(10-16,20-2)6-8-17/h3-4,9,18H,5-8H2,1-2H3. The van der Waals surface area contributed by atoms with Crippen molar-refractivity contribution in [2.45, 2.75) is 24.5 Å². The van der Waals surface area contributed by atoms with Crippen LogP contribution in [0.25, 0.3) is 0 Å². The average molecular weight is 290 g/mol. The number of carbonyl (C=O) groups is 1. The number of hydrogen-bond acceptors (Lipinski definition) is 4. The molecular formula is C15H18N2O2S. The summed E-state index contributed by atoms with van der Waals surface area (Å²) in [6, 6.07) is 7.43. The molecule has 1 aliphatic rings. The lowest BCUT2D eigenvalue weighted by Gasteiger charge is -2.36. The number of carbonyl (C=O) groups excluding carboxylic acids is 1. The Morgan fingerprint density at radius 1 is 1.45 bits per heavy atom. The van der Waals surface area contributed by atoms with Gasteiger partial charge >= 0.3 is 0 Å². The van der Waals surface area contributed by atoms with Gasteiger partial charge in [0.15, 0.2) is 0 Å². The molecule has 0 bridgehead atoms. The molecule has 0 unspecified atom stereocenters. The molecule has 2 rings (SSSR count). The number of phenolic OH excluding ortho intramolecular Hbond substituents is 1. The first-order chi connectivity index (χ1) is 9.51. The number of amides is 1. The summed E-state index contributed by atoms with van der Waals surface area (Å²) in [5.41, 5.74) is 1.26. The van der Waals surface area contributed by atoms with Crippen molar-refractivity contribution in [1.82, 2.24) is 4.90 Å². The molecule has 0 radical (unpaired) electrons. The molecule has 106 valence electrons. The van der Waals surface area contributed by atoms with Gasteiger partial charge in [0.2, 0.25) is 0 Å². The summed E-state index contributed by atoms with van der Waals surface area (Å²) in [6.07, 6.45) is 3.28. The van der Waals surface area contributed by atoms with Gasteiger partial charge in [0, 0.05) is 13.1 Å². The number of thioether (sulfide) groups is 1. The maximum atomic E-state index is 12.4. The van der Waals surface area contributed by atoms with Gasteiger partial charge in [-0.3, -0.25) is 4.79 Å². The van der Waals surface area contributed by atoms with Crippen molar-refractivity contribution in [2.75, 3.05) is 19.3 Å². The Hall–Kier alpha value is -1.67. The summed E-state index contributed by atoms with van der Waals surface area (Å²) in [4.78, 5) is 14.1. The zero-order valence-corrected chi connectivity index (χ0v) is 12.5. The Labute approximate surface area is 123 Å². The summed E-state index contributed by atoms with van der Waals surface area (Å²) in [5.74, 6) is -0.132. The third-order valence-electron chi connectivity index (χ3n) is 3.84. The fourth-order valence-electron chi connectivity index (χ4n) is 2.43. The Morgan fingerprint density at radius 2 is 2.10 bits per heavy atom. The van der Waals surface area contributed by atoms with E-state index in [9.17, 15) is 15.2 Å². The van der Waals surface area contributed by atoms with Crippen molar-refractivity contribution in [3.05, 3.63) is 29.3 Å². The minimum absolute atomic E-state index is 0.0250. The van der Waals surface area contributed by atoms with Crippen LogP contribution in [0.15, 0.2) is 18.2 Å². The molecule has 5 heteroatoms. The topological polar surface area (TPSA) is 64.3 Å². The van der Waals surface area contributed by atoms with Gasteiger partial charge in [-0.15, -0.1) is 11.8 Å². The van der Waals surface area contributed by atoms with Crippen LogP contribution in [-0.2, 0) is 0 Å². The fraction of sp³-hybridized carbons (Fsp3) is 0.467. The molecule has 1 N–H and O–H groups in total. The molecule has 1 aromatic carbocycles. The Bertz CT molecular complexity index is 557. The molecule has 0 aromatic heterocycles. The number of nitriles is 1. The molecule has 1 saturated heterocycles. The second kappa shape index (κ2) is 5.76. The van der Waals surface area contributed by atoms with Crippen molar-refractivity contribution < 1.29 is 9.90 Å². The highest BCUT2D eigenvalue weighted by molar-refractivity contribution is 8.00. The van der Waals surface area contributed by atoms with Crippen molar-refractivity contribution in [3.63, 3.8) is 0 Å². The quantitative estimate of drug-likeness (QED) is 0.909. The van der Waals surface area contributed by atoms with Gasteiger partial charge in [-0.2, -0.15) is 5.26 Å². The van der Waals surface area contributed by atoms with Crippen LogP contribution in [0.4, 0.5) is 0 Å². The molecule has 0 spiro atoms. The van der Waals surface area contributed by atoms with Gasteiger partial charge in [-0.1, -0.05) is 6.07 Å². The normalized spacial score (nSPS) is 17.6. The van der Waals surface area contributed by atoms with E-state index in [4.69, 9.17) is 0 Å². The third-order valence-corrected chi connectivity index (χ3v) is 5.12. The van der Waals surface area contributed by atoms with Crippen molar-refractivity contribution in [1.29, 1.82) is 5.26 Å². The number of rotatable bonds is 2. The Kier molecular flexibility index (Phi) is 4.24. The molecule has 1 aromatic rings. The van der Waals surface area contributed by atoms with Crippen molar-refractivity contribution >= 4 is 17.7 Å². The van der Waals surface area contributed by atoms with Crippen LogP contribution in [0.3, 0.4) is 0 Å². The second-order valence-corrected chi connectivity index (χ2v) is 6.31. The summed E-state index contributed by atoms with van der Waals surface area (Å²) in [7, 11) is 0. The number of piperidine rings is 1. The number of nitrogens with zero attached hydrogens (tertiary/aromatic N) is 2. The zero-order valence-electron chi connectivity index (χ0n) is 11.7. The minimum Gasteiger partial charge on any atom is -0.507 e. The van der Waals surface area contributed by atoms with Crippen LogP contribution in [-0.4, -0.2) is 40.0 Å². The van der Waals surface area contributed by atoms with Crippen molar-refractivity contribution in [3.8, 4) is 11.8 Å². The first-order valence-electron chi connectivity index (χ1n) is 6.56. The number of aryl methyl sites for hydroxylation is 1. The molecule has 0 aliphatic carbocycles. The molecule has 1 aliphatic heterocycles. The second-order valence-electron chi connectivity index (χ2n) is 5.12. The monoisotopic (exact) mass is 290 g/mol. The van der Waals surface area contributed by atoms with Crippen LogP contribution < -0.4 is 0 Å². The molecule has 20 heavy (non-hydrogen) atoms. The zero-order chi connectivity index (χ0) is 14.8. The maximum absolute atomic E-state index is 12.4. The number of phenols is 1. The summed E-state index contributed by atoms with van der Waals surface area (Å²) >= 11 is 1.56.